The van der Waals surface area contributed by atoms with E-state index < -0.39 is 16.7 Å². The summed E-state index contributed by atoms with van der Waals surface area (Å²) in [4.78, 5) is 0. The summed E-state index contributed by atoms with van der Waals surface area (Å²) in [5.74, 6) is 0.508. The quantitative estimate of drug-likeness (QED) is 0.771. The van der Waals surface area contributed by atoms with E-state index in [4.69, 9.17) is 9.29 Å². The molecule has 1 unspecified atom stereocenters. The molecule has 0 amide bonds. The van der Waals surface area contributed by atoms with Gasteiger partial charge in [0.1, 0.15) is 5.75 Å². The van der Waals surface area contributed by atoms with Crippen molar-refractivity contribution in [1.29, 1.82) is 0 Å². The number of fused-ring (bicyclic) bond motifs is 1. The second kappa shape index (κ2) is 3.65. The minimum absolute atomic E-state index is 0.508. The van der Waals surface area contributed by atoms with Crippen LogP contribution in [-0.2, 0) is 14.6 Å². The van der Waals surface area contributed by atoms with Gasteiger partial charge in [-0.3, -0.25) is 4.55 Å². The average molecular weight is 228 g/mol. The van der Waals surface area contributed by atoms with Crippen molar-refractivity contribution in [1.82, 2.24) is 0 Å². The zero-order chi connectivity index (χ0) is 10.9. The van der Waals surface area contributed by atoms with Crippen molar-refractivity contribution < 1.29 is 21.9 Å². The van der Waals surface area contributed by atoms with E-state index in [1.165, 1.54) is 6.08 Å². The van der Waals surface area contributed by atoms with Crippen LogP contribution in [0.5, 0.6) is 5.75 Å². The summed E-state index contributed by atoms with van der Waals surface area (Å²) in [5, 5.41) is 0. The van der Waals surface area contributed by atoms with Crippen LogP contribution >= 0.6 is 0 Å². The molecule has 0 spiro atoms. The van der Waals surface area contributed by atoms with Gasteiger partial charge in [0.2, 0.25) is 6.29 Å². The Labute approximate surface area is 86.9 Å². The van der Waals surface area contributed by atoms with Crippen LogP contribution in [0.15, 0.2) is 30.3 Å². The van der Waals surface area contributed by atoms with Crippen LogP contribution in [0, 0.1) is 0 Å². The number of ether oxygens (including phenoxy) is 1. The lowest BCUT2D eigenvalue weighted by atomic mass is 10.1. The fraction of sp³-hybridized carbons (Fsp3) is 0.111. The zero-order valence-corrected chi connectivity index (χ0v) is 8.35. The second-order valence-electron chi connectivity index (χ2n) is 2.91. The summed E-state index contributed by atoms with van der Waals surface area (Å²) in [6.45, 7) is 0. The third kappa shape index (κ3) is 2.56. The van der Waals surface area contributed by atoms with Gasteiger partial charge in [-0.15, -0.1) is 0 Å². The highest BCUT2D eigenvalue weighted by Crippen LogP contribution is 2.25. The largest absolute Gasteiger partial charge is 0.459 e. The van der Waals surface area contributed by atoms with Crippen molar-refractivity contribution in [2.45, 2.75) is 6.29 Å². The van der Waals surface area contributed by atoms with Gasteiger partial charge in [-0.25, -0.2) is 4.18 Å². The first-order chi connectivity index (χ1) is 7.04. The van der Waals surface area contributed by atoms with Crippen LogP contribution in [0.4, 0.5) is 0 Å². The molecule has 0 radical (unpaired) electrons. The van der Waals surface area contributed by atoms with Crippen molar-refractivity contribution >= 4 is 16.5 Å². The number of benzene rings is 1. The highest BCUT2D eigenvalue weighted by atomic mass is 32.3. The molecule has 1 N–H and O–H groups in total. The predicted octanol–water partition coefficient (Wildman–Crippen LogP) is 1.24. The molecule has 1 atom stereocenters. The Balaban J connectivity index is 2.20. The first-order valence-electron chi connectivity index (χ1n) is 4.14. The SMILES string of the molecule is O=S(=O)(O)OC1C=Cc2ccccc2O1. The van der Waals surface area contributed by atoms with Gasteiger partial charge in [0.15, 0.2) is 0 Å². The lowest BCUT2D eigenvalue weighted by Gasteiger charge is -2.19. The predicted molar refractivity (Wildman–Crippen MR) is 52.5 cm³/mol. The Hall–Kier alpha value is -1.37. The monoisotopic (exact) mass is 228 g/mol. The van der Waals surface area contributed by atoms with Gasteiger partial charge in [0.05, 0.1) is 0 Å². The van der Waals surface area contributed by atoms with Gasteiger partial charge in [0, 0.05) is 5.56 Å². The first-order valence-corrected chi connectivity index (χ1v) is 5.51. The van der Waals surface area contributed by atoms with E-state index in [1.807, 2.05) is 12.1 Å². The molecule has 6 heteroatoms. The van der Waals surface area contributed by atoms with Gasteiger partial charge in [-0.05, 0) is 18.2 Å². The molecule has 2 rings (SSSR count). The molecule has 0 saturated carbocycles. The highest BCUT2D eigenvalue weighted by molar-refractivity contribution is 7.80. The number of para-hydroxylation sites is 1. The van der Waals surface area contributed by atoms with Gasteiger partial charge in [-0.1, -0.05) is 18.2 Å². The molecule has 0 saturated heterocycles. The van der Waals surface area contributed by atoms with E-state index >= 15 is 0 Å². The standard InChI is InChI=1S/C9H8O5S/c10-15(11,12)14-9-6-5-7-3-1-2-4-8(7)13-9/h1-6,9H,(H,10,11,12). The molecule has 5 nitrogen and oxygen atoms in total. The van der Waals surface area contributed by atoms with Crippen LogP contribution in [-0.4, -0.2) is 19.3 Å². The van der Waals surface area contributed by atoms with Crippen LogP contribution in [0.1, 0.15) is 5.56 Å². The summed E-state index contributed by atoms with van der Waals surface area (Å²) in [5.41, 5.74) is 0.827. The molecule has 0 aromatic heterocycles. The fourth-order valence-corrected chi connectivity index (χ4v) is 1.59. The molecule has 15 heavy (non-hydrogen) atoms. The smallest absolute Gasteiger partial charge is 0.400 e. The maximum atomic E-state index is 10.4. The summed E-state index contributed by atoms with van der Waals surface area (Å²) in [7, 11) is -4.50. The van der Waals surface area contributed by atoms with Crippen molar-refractivity contribution in [2.24, 2.45) is 0 Å². The minimum Gasteiger partial charge on any atom is -0.459 e. The van der Waals surface area contributed by atoms with Crippen LogP contribution in [0.25, 0.3) is 6.08 Å². The van der Waals surface area contributed by atoms with E-state index in [0.29, 0.717) is 5.75 Å². The van der Waals surface area contributed by atoms with Crippen LogP contribution in [0.2, 0.25) is 0 Å². The summed E-state index contributed by atoms with van der Waals surface area (Å²) in [6.07, 6.45) is 1.94. The molecule has 0 bridgehead atoms. The van der Waals surface area contributed by atoms with Gasteiger partial charge in [0.25, 0.3) is 0 Å². The molecule has 0 fully saturated rings. The Bertz CT molecular complexity index is 491. The first kappa shape index (κ1) is 10.2. The third-order valence-electron chi connectivity index (χ3n) is 1.81. The molecule has 80 valence electrons. The minimum atomic E-state index is -4.50. The Morgan fingerprint density at radius 1 is 1.33 bits per heavy atom. The van der Waals surface area contributed by atoms with Crippen LogP contribution in [0.3, 0.4) is 0 Å². The van der Waals surface area contributed by atoms with E-state index in [2.05, 4.69) is 4.18 Å². The molecule has 1 aromatic rings. The molecule has 1 heterocycles. The number of hydrogen-bond acceptors (Lipinski definition) is 4. The van der Waals surface area contributed by atoms with Gasteiger partial charge < -0.3 is 4.74 Å². The molecule has 1 aliphatic rings. The maximum Gasteiger partial charge on any atom is 0.400 e. The summed E-state index contributed by atoms with van der Waals surface area (Å²) in [6, 6.07) is 7.08. The Morgan fingerprint density at radius 2 is 2.07 bits per heavy atom. The maximum absolute atomic E-state index is 10.4. The van der Waals surface area contributed by atoms with E-state index in [1.54, 1.807) is 18.2 Å². The van der Waals surface area contributed by atoms with Crippen molar-refractivity contribution in [3.8, 4) is 5.75 Å². The molecule has 0 aliphatic carbocycles. The van der Waals surface area contributed by atoms with Gasteiger partial charge in [-0.2, -0.15) is 8.42 Å². The molecular weight excluding hydrogens is 220 g/mol. The number of rotatable bonds is 2. The Morgan fingerprint density at radius 3 is 2.80 bits per heavy atom. The second-order valence-corrected chi connectivity index (χ2v) is 3.96. The van der Waals surface area contributed by atoms with Crippen molar-refractivity contribution in [2.75, 3.05) is 0 Å². The van der Waals surface area contributed by atoms with Crippen molar-refractivity contribution in [3.63, 3.8) is 0 Å². The highest BCUT2D eigenvalue weighted by Gasteiger charge is 2.19. The molecule has 1 aliphatic heterocycles. The third-order valence-corrected chi connectivity index (χ3v) is 2.24. The summed E-state index contributed by atoms with van der Waals surface area (Å²) < 4.78 is 38.7. The van der Waals surface area contributed by atoms with E-state index in [0.717, 1.165) is 5.56 Å². The molecular formula is C9H8O5S. The van der Waals surface area contributed by atoms with Crippen molar-refractivity contribution in [3.05, 3.63) is 35.9 Å². The summed E-state index contributed by atoms with van der Waals surface area (Å²) >= 11 is 0. The Kier molecular flexibility index (Phi) is 2.47. The average Bonchev–Trinajstić information content (AvgIpc) is 2.15. The van der Waals surface area contributed by atoms with Crippen LogP contribution < -0.4 is 4.74 Å². The van der Waals surface area contributed by atoms with E-state index in [9.17, 15) is 8.42 Å². The normalized spacial score (nSPS) is 19.4. The zero-order valence-electron chi connectivity index (χ0n) is 7.53. The number of hydrogen-bond donors (Lipinski definition) is 1. The lowest BCUT2D eigenvalue weighted by Crippen LogP contribution is -2.23. The van der Waals surface area contributed by atoms with Gasteiger partial charge >= 0.3 is 10.4 Å². The molecule has 1 aromatic carbocycles. The fourth-order valence-electron chi connectivity index (χ4n) is 1.24. The lowest BCUT2D eigenvalue weighted by molar-refractivity contribution is 0.0412. The topological polar surface area (TPSA) is 72.8 Å². The van der Waals surface area contributed by atoms with E-state index in [-0.39, 0.29) is 0 Å².